The van der Waals surface area contributed by atoms with E-state index in [1.807, 2.05) is 49.1 Å². The number of aliphatic hydroxyl groups is 1. The average Bonchev–Trinajstić information content (AvgIpc) is 2.60. The number of piperidine rings is 1. The molecule has 1 aromatic carbocycles. The first kappa shape index (κ1) is 21.7. The molecule has 1 aliphatic heterocycles. The van der Waals surface area contributed by atoms with Crippen LogP contribution in [0.3, 0.4) is 0 Å². The lowest BCUT2D eigenvalue weighted by Gasteiger charge is -2.35. The van der Waals surface area contributed by atoms with E-state index < -0.39 is 0 Å². The Kier molecular flexibility index (Phi) is 9.86. The molecule has 1 aromatic rings. The maximum Gasteiger partial charge on any atom is 0.410 e. The highest BCUT2D eigenvalue weighted by molar-refractivity contribution is 5.85. The van der Waals surface area contributed by atoms with Crippen molar-refractivity contribution in [3.63, 3.8) is 0 Å². The number of carbonyl (C=O) groups excluding carboxylic acids is 1. The largest absolute Gasteiger partial charge is 0.445 e. The summed E-state index contributed by atoms with van der Waals surface area (Å²) in [5, 5.41) is 9.02. The first-order valence-corrected chi connectivity index (χ1v) is 8.90. The van der Waals surface area contributed by atoms with Crippen LogP contribution in [0.15, 0.2) is 30.3 Å². The molecule has 1 fully saturated rings. The molecular formula is C19H31ClN2O3. The fourth-order valence-electron chi connectivity index (χ4n) is 3.11. The number of carbonyl (C=O) groups is 1. The number of amides is 1. The van der Waals surface area contributed by atoms with Gasteiger partial charge in [-0.3, -0.25) is 0 Å². The van der Waals surface area contributed by atoms with Crippen molar-refractivity contribution in [3.05, 3.63) is 35.9 Å². The Morgan fingerprint density at radius 1 is 1.28 bits per heavy atom. The molecule has 142 valence electrons. The molecular weight excluding hydrogens is 340 g/mol. The van der Waals surface area contributed by atoms with Crippen LogP contribution in [0.5, 0.6) is 0 Å². The van der Waals surface area contributed by atoms with Crippen LogP contribution in [0.4, 0.5) is 4.79 Å². The molecule has 0 atom stereocenters. The van der Waals surface area contributed by atoms with Crippen LogP contribution in [0, 0.1) is 5.92 Å². The molecule has 0 bridgehead atoms. The highest BCUT2D eigenvalue weighted by atomic mass is 35.5. The van der Waals surface area contributed by atoms with Crippen molar-refractivity contribution in [2.45, 2.75) is 39.3 Å². The summed E-state index contributed by atoms with van der Waals surface area (Å²) in [6, 6.07) is 9.90. The average molecular weight is 371 g/mol. The number of halogens is 1. The Balaban J connectivity index is 0.00000312. The van der Waals surface area contributed by atoms with Gasteiger partial charge in [-0.15, -0.1) is 12.4 Å². The van der Waals surface area contributed by atoms with Crippen molar-refractivity contribution in [1.29, 1.82) is 0 Å². The quantitative estimate of drug-likeness (QED) is 0.801. The van der Waals surface area contributed by atoms with Gasteiger partial charge < -0.3 is 19.6 Å². The number of benzene rings is 1. The van der Waals surface area contributed by atoms with Gasteiger partial charge in [0.05, 0.1) is 6.61 Å². The predicted octanol–water partition coefficient (Wildman–Crippen LogP) is 3.16. The third-order valence-corrected chi connectivity index (χ3v) is 4.64. The zero-order valence-corrected chi connectivity index (χ0v) is 16.1. The van der Waals surface area contributed by atoms with E-state index in [4.69, 9.17) is 9.84 Å². The predicted molar refractivity (Wildman–Crippen MR) is 102 cm³/mol. The summed E-state index contributed by atoms with van der Waals surface area (Å²) in [6.07, 6.45) is 1.90. The van der Waals surface area contributed by atoms with Gasteiger partial charge in [0, 0.05) is 19.1 Å². The van der Waals surface area contributed by atoms with Crippen LogP contribution in [0.1, 0.15) is 32.3 Å². The van der Waals surface area contributed by atoms with Crippen LogP contribution >= 0.6 is 12.4 Å². The molecule has 1 saturated heterocycles. The van der Waals surface area contributed by atoms with Gasteiger partial charge in [0.15, 0.2) is 0 Å². The minimum Gasteiger partial charge on any atom is -0.445 e. The van der Waals surface area contributed by atoms with Crippen molar-refractivity contribution in [2.75, 3.05) is 32.8 Å². The smallest absolute Gasteiger partial charge is 0.410 e. The second-order valence-electron chi connectivity index (χ2n) is 6.79. The SMILES string of the molecule is CC(C)N(CC1CCN(CCO)CC1)C(=O)OCc1ccccc1.Cl. The summed E-state index contributed by atoms with van der Waals surface area (Å²) in [5.41, 5.74) is 1.01. The highest BCUT2D eigenvalue weighted by Crippen LogP contribution is 2.20. The first-order valence-electron chi connectivity index (χ1n) is 8.90. The standard InChI is InChI=1S/C19H30N2O3.ClH/c1-16(2)21(14-17-8-10-20(11-9-17)12-13-22)19(23)24-15-18-6-4-3-5-7-18;/h3-7,16-17,22H,8-15H2,1-2H3;1H. The Bertz CT molecular complexity index is 491. The van der Waals surface area contributed by atoms with E-state index in [0.29, 0.717) is 12.5 Å². The van der Waals surface area contributed by atoms with E-state index in [9.17, 15) is 4.79 Å². The monoisotopic (exact) mass is 370 g/mol. The molecule has 0 aliphatic carbocycles. The molecule has 1 amide bonds. The summed E-state index contributed by atoms with van der Waals surface area (Å²) < 4.78 is 5.50. The van der Waals surface area contributed by atoms with Crippen LogP contribution in [0.25, 0.3) is 0 Å². The summed E-state index contributed by atoms with van der Waals surface area (Å²) in [7, 11) is 0. The number of nitrogens with zero attached hydrogens (tertiary/aromatic N) is 2. The fourth-order valence-corrected chi connectivity index (χ4v) is 3.11. The number of hydrogen-bond donors (Lipinski definition) is 1. The van der Waals surface area contributed by atoms with Crippen molar-refractivity contribution >= 4 is 18.5 Å². The van der Waals surface area contributed by atoms with Gasteiger partial charge in [-0.2, -0.15) is 0 Å². The zero-order chi connectivity index (χ0) is 17.4. The molecule has 5 nitrogen and oxygen atoms in total. The normalized spacial score (nSPS) is 15.7. The van der Waals surface area contributed by atoms with Crippen molar-refractivity contribution in [3.8, 4) is 0 Å². The van der Waals surface area contributed by atoms with Gasteiger partial charge in [0.1, 0.15) is 6.61 Å². The number of ether oxygens (including phenoxy) is 1. The topological polar surface area (TPSA) is 53.0 Å². The number of likely N-dealkylation sites (tertiary alicyclic amines) is 1. The lowest BCUT2D eigenvalue weighted by Crippen LogP contribution is -2.44. The molecule has 6 heteroatoms. The lowest BCUT2D eigenvalue weighted by atomic mass is 9.96. The number of aliphatic hydroxyl groups excluding tert-OH is 1. The molecule has 0 unspecified atom stereocenters. The third-order valence-electron chi connectivity index (χ3n) is 4.64. The maximum atomic E-state index is 12.5. The van der Waals surface area contributed by atoms with E-state index in [0.717, 1.165) is 44.6 Å². The Morgan fingerprint density at radius 2 is 1.92 bits per heavy atom. The summed E-state index contributed by atoms with van der Waals surface area (Å²) in [4.78, 5) is 16.6. The summed E-state index contributed by atoms with van der Waals surface area (Å²) >= 11 is 0. The number of hydrogen-bond acceptors (Lipinski definition) is 4. The first-order chi connectivity index (χ1) is 11.6. The molecule has 1 heterocycles. The van der Waals surface area contributed by atoms with Gasteiger partial charge in [0.2, 0.25) is 0 Å². The van der Waals surface area contributed by atoms with Gasteiger partial charge in [-0.1, -0.05) is 30.3 Å². The molecule has 0 spiro atoms. The Labute approximate surface area is 157 Å². The van der Waals surface area contributed by atoms with E-state index in [1.165, 1.54) is 0 Å². The lowest BCUT2D eigenvalue weighted by molar-refractivity contribution is 0.0685. The van der Waals surface area contributed by atoms with E-state index in [2.05, 4.69) is 4.90 Å². The molecule has 1 aliphatic rings. The number of rotatable bonds is 7. The van der Waals surface area contributed by atoms with Crippen LogP contribution in [0.2, 0.25) is 0 Å². The van der Waals surface area contributed by atoms with Crippen LogP contribution in [-0.4, -0.2) is 59.8 Å². The van der Waals surface area contributed by atoms with Crippen LogP contribution < -0.4 is 0 Å². The minimum atomic E-state index is -0.230. The molecule has 2 rings (SSSR count). The van der Waals surface area contributed by atoms with Crippen LogP contribution in [-0.2, 0) is 11.3 Å². The molecule has 0 radical (unpaired) electrons. The summed E-state index contributed by atoms with van der Waals surface area (Å²) in [6.45, 7) is 8.09. The van der Waals surface area contributed by atoms with Crippen molar-refractivity contribution < 1.29 is 14.6 Å². The van der Waals surface area contributed by atoms with E-state index in [1.54, 1.807) is 0 Å². The minimum absolute atomic E-state index is 0. The zero-order valence-electron chi connectivity index (χ0n) is 15.3. The molecule has 0 aromatic heterocycles. The van der Waals surface area contributed by atoms with Gasteiger partial charge >= 0.3 is 6.09 Å². The molecule has 1 N–H and O–H groups in total. The van der Waals surface area contributed by atoms with E-state index in [-0.39, 0.29) is 31.1 Å². The van der Waals surface area contributed by atoms with Gasteiger partial charge in [-0.05, 0) is 51.3 Å². The van der Waals surface area contributed by atoms with Crippen molar-refractivity contribution in [1.82, 2.24) is 9.80 Å². The fraction of sp³-hybridized carbons (Fsp3) is 0.632. The molecule has 0 saturated carbocycles. The van der Waals surface area contributed by atoms with Gasteiger partial charge in [-0.25, -0.2) is 4.79 Å². The second kappa shape index (κ2) is 11.3. The second-order valence-corrected chi connectivity index (χ2v) is 6.79. The highest BCUT2D eigenvalue weighted by Gasteiger charge is 2.25. The van der Waals surface area contributed by atoms with Crippen molar-refractivity contribution in [2.24, 2.45) is 5.92 Å². The number of β-amino-alcohol motifs (C(OH)–C–C–N with tert-alkyl or cyclic N) is 1. The van der Waals surface area contributed by atoms with E-state index >= 15 is 0 Å². The summed E-state index contributed by atoms with van der Waals surface area (Å²) in [5.74, 6) is 0.506. The molecule has 25 heavy (non-hydrogen) atoms. The maximum absolute atomic E-state index is 12.5. The third kappa shape index (κ3) is 7.22. The van der Waals surface area contributed by atoms with Gasteiger partial charge in [0.25, 0.3) is 0 Å². The Hall–Kier alpha value is -1.30. The Morgan fingerprint density at radius 3 is 2.48 bits per heavy atom.